The van der Waals surface area contributed by atoms with Gasteiger partial charge in [-0.25, -0.2) is 8.42 Å². The van der Waals surface area contributed by atoms with Crippen molar-refractivity contribution in [1.29, 1.82) is 0 Å². The number of aromatic nitrogens is 1. The lowest BCUT2D eigenvalue weighted by atomic mass is 10.2. The van der Waals surface area contributed by atoms with E-state index in [0.717, 1.165) is 12.1 Å². The largest absolute Gasteiger partial charge is 0.380 e. The first kappa shape index (κ1) is 19.9. The molecule has 0 bridgehead atoms. The van der Waals surface area contributed by atoms with Crippen LogP contribution in [0.25, 0.3) is 0 Å². The smallest absolute Gasteiger partial charge is 0.261 e. The number of likely N-dealkylation sites (tertiary alicyclic amines) is 1. The molecule has 1 aromatic heterocycles. The van der Waals surface area contributed by atoms with Gasteiger partial charge >= 0.3 is 0 Å². The first-order valence-corrected chi connectivity index (χ1v) is 11.1. The fraction of sp³-hybridized carbons (Fsp3) is 0.182. The molecule has 0 saturated carbocycles. The lowest BCUT2D eigenvalue weighted by Crippen LogP contribution is -2.31. The Morgan fingerprint density at radius 3 is 2.33 bits per heavy atom. The van der Waals surface area contributed by atoms with Gasteiger partial charge < -0.3 is 10.2 Å². The molecule has 2 N–H and O–H groups in total. The standard InChI is InChI=1S/C22H22N4O3S/c27-22(26-15-12-20(16-26)24-18-4-2-1-3-5-18)17-6-8-21(9-7-17)30(28,29)25-19-10-13-23-14-11-19/h1-11,13-14,20,24H,12,15-16H2,(H,23,25). The van der Waals surface area contributed by atoms with Gasteiger partial charge in [0.15, 0.2) is 0 Å². The predicted octanol–water partition coefficient (Wildman–Crippen LogP) is 3.21. The SMILES string of the molecule is O=C(c1ccc(S(=O)(=O)Nc2ccncc2)cc1)N1CCC(Nc2ccccc2)C1. The quantitative estimate of drug-likeness (QED) is 0.637. The van der Waals surface area contributed by atoms with E-state index in [0.29, 0.717) is 24.3 Å². The molecule has 1 fully saturated rings. The van der Waals surface area contributed by atoms with E-state index in [2.05, 4.69) is 15.0 Å². The number of para-hydroxylation sites is 1. The lowest BCUT2D eigenvalue weighted by Gasteiger charge is -2.18. The molecule has 1 aliphatic rings. The molecule has 4 rings (SSSR count). The second kappa shape index (κ2) is 8.54. The van der Waals surface area contributed by atoms with E-state index in [1.807, 2.05) is 30.3 Å². The first-order valence-electron chi connectivity index (χ1n) is 9.65. The van der Waals surface area contributed by atoms with Crippen LogP contribution >= 0.6 is 0 Å². The molecule has 3 aromatic rings. The molecule has 1 amide bonds. The Kier molecular flexibility index (Phi) is 5.67. The van der Waals surface area contributed by atoms with Crippen LogP contribution in [-0.2, 0) is 10.0 Å². The Bertz CT molecular complexity index is 1100. The lowest BCUT2D eigenvalue weighted by molar-refractivity contribution is 0.0791. The number of anilines is 2. The molecule has 2 aromatic carbocycles. The molecule has 1 unspecified atom stereocenters. The molecule has 2 heterocycles. The molecular formula is C22H22N4O3S. The summed E-state index contributed by atoms with van der Waals surface area (Å²) < 4.78 is 27.5. The average Bonchev–Trinajstić information content (AvgIpc) is 3.23. The number of amides is 1. The van der Waals surface area contributed by atoms with Crippen LogP contribution in [0.4, 0.5) is 11.4 Å². The highest BCUT2D eigenvalue weighted by Gasteiger charge is 2.27. The summed E-state index contributed by atoms with van der Waals surface area (Å²) in [7, 11) is -3.73. The highest BCUT2D eigenvalue weighted by molar-refractivity contribution is 7.92. The van der Waals surface area contributed by atoms with Crippen molar-refractivity contribution in [3.63, 3.8) is 0 Å². The summed E-state index contributed by atoms with van der Waals surface area (Å²) >= 11 is 0. The van der Waals surface area contributed by atoms with Crippen LogP contribution in [0.1, 0.15) is 16.8 Å². The number of nitrogens with zero attached hydrogens (tertiary/aromatic N) is 2. The van der Waals surface area contributed by atoms with Gasteiger partial charge in [0.05, 0.1) is 10.6 Å². The number of hydrogen-bond donors (Lipinski definition) is 2. The Hall–Kier alpha value is -3.39. The van der Waals surface area contributed by atoms with E-state index < -0.39 is 10.0 Å². The minimum Gasteiger partial charge on any atom is -0.380 e. The number of carbonyl (C=O) groups is 1. The molecule has 30 heavy (non-hydrogen) atoms. The third kappa shape index (κ3) is 4.60. The van der Waals surface area contributed by atoms with Gasteiger partial charge in [-0.15, -0.1) is 0 Å². The molecule has 1 aliphatic heterocycles. The van der Waals surface area contributed by atoms with Gasteiger partial charge in [0.2, 0.25) is 0 Å². The van der Waals surface area contributed by atoms with Crippen LogP contribution in [0.2, 0.25) is 0 Å². The number of pyridine rings is 1. The molecular weight excluding hydrogens is 400 g/mol. The van der Waals surface area contributed by atoms with Gasteiger partial charge in [-0.1, -0.05) is 18.2 Å². The highest BCUT2D eigenvalue weighted by Crippen LogP contribution is 2.20. The second-order valence-corrected chi connectivity index (χ2v) is 8.80. The predicted molar refractivity (Wildman–Crippen MR) is 116 cm³/mol. The molecule has 1 atom stereocenters. The van der Waals surface area contributed by atoms with E-state index in [-0.39, 0.29) is 16.8 Å². The Morgan fingerprint density at radius 1 is 0.933 bits per heavy atom. The van der Waals surface area contributed by atoms with E-state index in [4.69, 9.17) is 0 Å². The van der Waals surface area contributed by atoms with Crippen molar-refractivity contribution in [1.82, 2.24) is 9.88 Å². The monoisotopic (exact) mass is 422 g/mol. The van der Waals surface area contributed by atoms with Crippen LogP contribution in [-0.4, -0.2) is 43.3 Å². The van der Waals surface area contributed by atoms with Crippen LogP contribution in [0.15, 0.2) is 84.0 Å². The molecule has 7 nitrogen and oxygen atoms in total. The van der Waals surface area contributed by atoms with Crippen molar-refractivity contribution in [3.8, 4) is 0 Å². The third-order valence-corrected chi connectivity index (χ3v) is 6.36. The van der Waals surface area contributed by atoms with Gasteiger partial charge in [0, 0.05) is 42.8 Å². The minimum atomic E-state index is -3.73. The van der Waals surface area contributed by atoms with Crippen molar-refractivity contribution < 1.29 is 13.2 Å². The van der Waals surface area contributed by atoms with Crippen LogP contribution < -0.4 is 10.0 Å². The van der Waals surface area contributed by atoms with Crippen molar-refractivity contribution in [2.75, 3.05) is 23.1 Å². The van der Waals surface area contributed by atoms with Crippen LogP contribution in [0.3, 0.4) is 0 Å². The fourth-order valence-electron chi connectivity index (χ4n) is 3.43. The summed E-state index contributed by atoms with van der Waals surface area (Å²) in [4.78, 5) is 18.6. The van der Waals surface area contributed by atoms with Gasteiger partial charge in [-0.2, -0.15) is 0 Å². The summed E-state index contributed by atoms with van der Waals surface area (Å²) in [5.41, 5.74) is 1.94. The zero-order chi connectivity index (χ0) is 21.0. The zero-order valence-electron chi connectivity index (χ0n) is 16.2. The van der Waals surface area contributed by atoms with Crippen molar-refractivity contribution in [3.05, 3.63) is 84.7 Å². The minimum absolute atomic E-state index is 0.0981. The van der Waals surface area contributed by atoms with E-state index >= 15 is 0 Å². The molecule has 0 radical (unpaired) electrons. The maximum atomic E-state index is 12.8. The number of sulfonamides is 1. The van der Waals surface area contributed by atoms with E-state index in [9.17, 15) is 13.2 Å². The number of nitrogens with one attached hydrogen (secondary N) is 2. The number of carbonyl (C=O) groups excluding carboxylic acids is 1. The number of hydrogen-bond acceptors (Lipinski definition) is 5. The van der Waals surface area contributed by atoms with Crippen LogP contribution in [0, 0.1) is 0 Å². The van der Waals surface area contributed by atoms with Crippen molar-refractivity contribution in [2.45, 2.75) is 17.4 Å². The first-order chi connectivity index (χ1) is 14.5. The highest BCUT2D eigenvalue weighted by atomic mass is 32.2. The Labute approximate surface area is 175 Å². The van der Waals surface area contributed by atoms with Gasteiger partial charge in [0.1, 0.15) is 0 Å². The van der Waals surface area contributed by atoms with Crippen molar-refractivity contribution >= 4 is 27.3 Å². The zero-order valence-corrected chi connectivity index (χ0v) is 17.0. The molecule has 8 heteroatoms. The number of benzene rings is 2. The van der Waals surface area contributed by atoms with Gasteiger partial charge in [-0.05, 0) is 55.0 Å². The molecule has 0 aliphatic carbocycles. The summed E-state index contributed by atoms with van der Waals surface area (Å²) in [6.45, 7) is 1.27. The summed E-state index contributed by atoms with van der Waals surface area (Å²) in [6.07, 6.45) is 3.88. The molecule has 1 saturated heterocycles. The van der Waals surface area contributed by atoms with Crippen LogP contribution in [0.5, 0.6) is 0 Å². The average molecular weight is 423 g/mol. The van der Waals surface area contributed by atoms with E-state index in [1.54, 1.807) is 29.2 Å². The second-order valence-electron chi connectivity index (χ2n) is 7.11. The fourth-order valence-corrected chi connectivity index (χ4v) is 4.48. The summed E-state index contributed by atoms with van der Waals surface area (Å²) in [6, 6.07) is 19.3. The summed E-state index contributed by atoms with van der Waals surface area (Å²) in [5.74, 6) is -0.0987. The third-order valence-electron chi connectivity index (χ3n) is 4.96. The Balaban J connectivity index is 1.39. The Morgan fingerprint density at radius 2 is 1.63 bits per heavy atom. The maximum absolute atomic E-state index is 12.8. The van der Waals surface area contributed by atoms with Gasteiger partial charge in [0.25, 0.3) is 15.9 Å². The molecule has 154 valence electrons. The normalized spacial score (nSPS) is 16.3. The van der Waals surface area contributed by atoms with E-state index in [1.165, 1.54) is 24.5 Å². The molecule has 0 spiro atoms. The summed E-state index contributed by atoms with van der Waals surface area (Å²) in [5, 5.41) is 3.44. The maximum Gasteiger partial charge on any atom is 0.261 e. The topological polar surface area (TPSA) is 91.4 Å². The van der Waals surface area contributed by atoms with Gasteiger partial charge in [-0.3, -0.25) is 14.5 Å². The van der Waals surface area contributed by atoms with Crippen molar-refractivity contribution in [2.24, 2.45) is 0 Å². The number of rotatable bonds is 6.